The number of rotatable bonds is 4. The van der Waals surface area contributed by atoms with Crippen LogP contribution in [0, 0.1) is 6.92 Å². The molecule has 1 saturated carbocycles. The maximum absolute atomic E-state index is 12.5. The van der Waals surface area contributed by atoms with Crippen molar-refractivity contribution in [3.05, 3.63) is 15.8 Å². The van der Waals surface area contributed by atoms with Crippen LogP contribution < -0.4 is 0 Å². The van der Waals surface area contributed by atoms with Crippen molar-refractivity contribution in [2.24, 2.45) is 0 Å². The summed E-state index contributed by atoms with van der Waals surface area (Å²) in [6.07, 6.45) is 4.11. The fourth-order valence-corrected chi connectivity index (χ4v) is 5.36. The van der Waals surface area contributed by atoms with Crippen LogP contribution in [0.5, 0.6) is 0 Å². The van der Waals surface area contributed by atoms with E-state index in [1.807, 2.05) is 0 Å². The highest BCUT2D eigenvalue weighted by Gasteiger charge is 2.31. The largest absolute Gasteiger partial charge is 0.391 e. The third kappa shape index (κ3) is 2.47. The minimum atomic E-state index is -3.41. The van der Waals surface area contributed by atoms with Gasteiger partial charge in [-0.2, -0.15) is 4.31 Å². The number of sulfonamides is 1. The Kier molecular flexibility index (Phi) is 4.11. The van der Waals surface area contributed by atoms with E-state index in [9.17, 15) is 8.42 Å². The molecule has 18 heavy (non-hydrogen) atoms. The normalized spacial score (nSPS) is 17.8. The van der Waals surface area contributed by atoms with Crippen molar-refractivity contribution in [1.29, 1.82) is 0 Å². The molecule has 0 aliphatic heterocycles. The maximum Gasteiger partial charge on any atom is 0.244 e. The molecular weight excluding hydrogens is 270 g/mol. The van der Waals surface area contributed by atoms with E-state index in [0.29, 0.717) is 9.77 Å². The molecule has 102 valence electrons. The number of hydrogen-bond acceptors (Lipinski definition) is 4. The predicted octanol–water partition coefficient (Wildman–Crippen LogP) is 2.11. The second-order valence-corrected chi connectivity index (χ2v) is 8.06. The first kappa shape index (κ1) is 14.0. The first-order valence-corrected chi connectivity index (χ1v) is 8.40. The molecular formula is C12H19NO3S2. The van der Waals surface area contributed by atoms with Crippen molar-refractivity contribution in [2.75, 3.05) is 7.05 Å². The van der Waals surface area contributed by atoms with Gasteiger partial charge >= 0.3 is 0 Å². The Labute approximate surface area is 112 Å². The fourth-order valence-electron chi connectivity index (χ4n) is 2.48. The van der Waals surface area contributed by atoms with Crippen molar-refractivity contribution >= 4 is 21.4 Å². The molecule has 2 rings (SSSR count). The SMILES string of the molecule is Cc1sc(CO)cc1S(=O)(=O)N(C)C1CCCC1. The topological polar surface area (TPSA) is 57.6 Å². The average molecular weight is 289 g/mol. The first-order valence-electron chi connectivity index (χ1n) is 6.15. The Morgan fingerprint density at radius 3 is 2.56 bits per heavy atom. The minimum absolute atomic E-state index is 0.103. The van der Waals surface area contributed by atoms with Gasteiger partial charge in [-0.1, -0.05) is 12.8 Å². The van der Waals surface area contributed by atoms with Gasteiger partial charge in [0.2, 0.25) is 10.0 Å². The van der Waals surface area contributed by atoms with Crippen LogP contribution in [0.25, 0.3) is 0 Å². The first-order chi connectivity index (χ1) is 8.46. The van der Waals surface area contributed by atoms with Crippen molar-refractivity contribution < 1.29 is 13.5 Å². The highest BCUT2D eigenvalue weighted by molar-refractivity contribution is 7.89. The zero-order valence-corrected chi connectivity index (χ0v) is 12.4. The summed E-state index contributed by atoms with van der Waals surface area (Å²) < 4.78 is 26.6. The minimum Gasteiger partial charge on any atom is -0.391 e. The van der Waals surface area contributed by atoms with Crippen LogP contribution >= 0.6 is 11.3 Å². The van der Waals surface area contributed by atoms with Crippen LogP contribution in [0.1, 0.15) is 35.4 Å². The number of thiophene rings is 1. The van der Waals surface area contributed by atoms with Gasteiger partial charge in [0.1, 0.15) is 0 Å². The smallest absolute Gasteiger partial charge is 0.244 e. The average Bonchev–Trinajstić information content (AvgIpc) is 2.96. The summed E-state index contributed by atoms with van der Waals surface area (Å²) in [6, 6.07) is 1.73. The number of aliphatic hydroxyl groups is 1. The highest BCUT2D eigenvalue weighted by atomic mass is 32.2. The summed E-state index contributed by atoms with van der Waals surface area (Å²) in [5.41, 5.74) is 0. The molecule has 0 unspecified atom stereocenters. The van der Waals surface area contributed by atoms with Crippen LogP contribution in [0.4, 0.5) is 0 Å². The third-order valence-corrected chi connectivity index (χ3v) is 6.78. The van der Waals surface area contributed by atoms with E-state index in [-0.39, 0.29) is 12.6 Å². The number of aliphatic hydroxyl groups excluding tert-OH is 1. The van der Waals surface area contributed by atoms with Gasteiger partial charge in [-0.15, -0.1) is 11.3 Å². The Morgan fingerprint density at radius 1 is 1.44 bits per heavy atom. The summed E-state index contributed by atoms with van der Waals surface area (Å²) in [7, 11) is -1.74. The molecule has 4 nitrogen and oxygen atoms in total. The zero-order valence-electron chi connectivity index (χ0n) is 10.7. The van der Waals surface area contributed by atoms with Crippen molar-refractivity contribution in [1.82, 2.24) is 4.31 Å². The summed E-state index contributed by atoms with van der Waals surface area (Å²) in [5.74, 6) is 0. The lowest BCUT2D eigenvalue weighted by Crippen LogP contribution is -2.35. The zero-order chi connectivity index (χ0) is 13.3. The highest BCUT2D eigenvalue weighted by Crippen LogP contribution is 2.31. The second-order valence-electron chi connectivity index (χ2n) is 4.75. The van der Waals surface area contributed by atoms with E-state index in [1.54, 1.807) is 20.0 Å². The van der Waals surface area contributed by atoms with Crippen LogP contribution in [0.3, 0.4) is 0 Å². The molecule has 0 spiro atoms. The van der Waals surface area contributed by atoms with Crippen LogP contribution in [-0.2, 0) is 16.6 Å². The van der Waals surface area contributed by atoms with Crippen LogP contribution in [0.2, 0.25) is 0 Å². The maximum atomic E-state index is 12.5. The summed E-state index contributed by atoms with van der Waals surface area (Å²) in [5, 5.41) is 9.09. The molecule has 0 amide bonds. The Balaban J connectivity index is 2.31. The molecule has 0 atom stereocenters. The molecule has 0 bridgehead atoms. The lowest BCUT2D eigenvalue weighted by molar-refractivity contribution is 0.285. The van der Waals surface area contributed by atoms with E-state index in [4.69, 9.17) is 5.11 Å². The van der Waals surface area contributed by atoms with E-state index >= 15 is 0 Å². The van der Waals surface area contributed by atoms with Crippen molar-refractivity contribution in [2.45, 2.75) is 50.2 Å². The van der Waals surface area contributed by atoms with Gasteiger partial charge in [-0.05, 0) is 25.8 Å². The Morgan fingerprint density at radius 2 is 2.06 bits per heavy atom. The fraction of sp³-hybridized carbons (Fsp3) is 0.667. The molecule has 1 fully saturated rings. The molecule has 1 aliphatic carbocycles. The van der Waals surface area contributed by atoms with Gasteiger partial charge in [0.15, 0.2) is 0 Å². The van der Waals surface area contributed by atoms with Gasteiger partial charge < -0.3 is 5.11 Å². The molecule has 0 saturated heterocycles. The quantitative estimate of drug-likeness (QED) is 0.923. The summed E-state index contributed by atoms with van der Waals surface area (Å²) >= 11 is 1.35. The number of aryl methyl sites for hydroxylation is 1. The lowest BCUT2D eigenvalue weighted by atomic mass is 10.3. The van der Waals surface area contributed by atoms with E-state index < -0.39 is 10.0 Å². The Hall–Kier alpha value is -0.430. The summed E-state index contributed by atoms with van der Waals surface area (Å²) in [6.45, 7) is 1.69. The van der Waals surface area contributed by atoms with E-state index in [1.165, 1.54) is 15.6 Å². The van der Waals surface area contributed by atoms with Gasteiger partial charge in [0, 0.05) is 22.8 Å². The standard InChI is InChI=1S/C12H19NO3S2/c1-9-12(7-11(8-14)17-9)18(15,16)13(2)10-5-3-4-6-10/h7,10,14H,3-6,8H2,1-2H3. The number of hydrogen-bond donors (Lipinski definition) is 1. The molecule has 1 aliphatic rings. The monoisotopic (exact) mass is 289 g/mol. The molecule has 0 aromatic carbocycles. The molecule has 0 radical (unpaired) electrons. The van der Waals surface area contributed by atoms with Crippen LogP contribution in [-0.4, -0.2) is 30.9 Å². The molecule has 1 aromatic rings. The number of nitrogens with zero attached hydrogens (tertiary/aromatic N) is 1. The van der Waals surface area contributed by atoms with Crippen LogP contribution in [0.15, 0.2) is 11.0 Å². The van der Waals surface area contributed by atoms with Gasteiger partial charge in [-0.3, -0.25) is 0 Å². The lowest BCUT2D eigenvalue weighted by Gasteiger charge is -2.23. The predicted molar refractivity (Wildman–Crippen MR) is 72.2 cm³/mol. The van der Waals surface area contributed by atoms with E-state index in [0.717, 1.165) is 30.6 Å². The van der Waals surface area contributed by atoms with Crippen molar-refractivity contribution in [3.8, 4) is 0 Å². The van der Waals surface area contributed by atoms with E-state index in [2.05, 4.69) is 0 Å². The van der Waals surface area contributed by atoms with Crippen molar-refractivity contribution in [3.63, 3.8) is 0 Å². The second kappa shape index (κ2) is 5.28. The third-order valence-electron chi connectivity index (χ3n) is 3.58. The van der Waals surface area contributed by atoms with Gasteiger partial charge in [0.05, 0.1) is 11.5 Å². The Bertz CT molecular complexity index is 515. The van der Waals surface area contributed by atoms with Gasteiger partial charge in [0.25, 0.3) is 0 Å². The molecule has 1 N–H and O–H groups in total. The molecule has 1 heterocycles. The molecule has 1 aromatic heterocycles. The molecule has 6 heteroatoms. The summed E-state index contributed by atoms with van der Waals surface area (Å²) in [4.78, 5) is 1.81. The van der Waals surface area contributed by atoms with Gasteiger partial charge in [-0.25, -0.2) is 8.42 Å².